The maximum atomic E-state index is 12.3. The van der Waals surface area contributed by atoms with E-state index >= 15 is 0 Å². The Balaban J connectivity index is 1.61. The maximum Gasteiger partial charge on any atom is 0.407 e. The van der Waals surface area contributed by atoms with Crippen molar-refractivity contribution in [3.05, 3.63) is 59.7 Å². The van der Waals surface area contributed by atoms with Crippen molar-refractivity contribution in [3.8, 4) is 11.1 Å². The zero-order valence-corrected chi connectivity index (χ0v) is 16.0. The average molecular weight is 383 g/mol. The number of rotatable bonds is 7. The summed E-state index contributed by atoms with van der Waals surface area (Å²) in [7, 11) is 0. The van der Waals surface area contributed by atoms with Crippen LogP contribution in [0.25, 0.3) is 11.1 Å². The number of hydrogen-bond acceptors (Lipinski definition) is 4. The van der Waals surface area contributed by atoms with Crippen LogP contribution in [0.3, 0.4) is 0 Å². The van der Waals surface area contributed by atoms with Crippen molar-refractivity contribution in [2.75, 3.05) is 6.61 Å². The van der Waals surface area contributed by atoms with Gasteiger partial charge in [-0.25, -0.2) is 9.59 Å². The summed E-state index contributed by atoms with van der Waals surface area (Å²) in [6, 6.07) is 16.2. The van der Waals surface area contributed by atoms with E-state index in [1.54, 1.807) is 13.8 Å². The molecule has 0 aliphatic heterocycles. The van der Waals surface area contributed by atoms with Crippen molar-refractivity contribution in [1.82, 2.24) is 5.32 Å². The summed E-state index contributed by atoms with van der Waals surface area (Å²) in [5, 5.41) is 20.9. The molecule has 28 heavy (non-hydrogen) atoms. The van der Waals surface area contributed by atoms with Crippen molar-refractivity contribution < 1.29 is 24.5 Å². The van der Waals surface area contributed by atoms with Gasteiger partial charge < -0.3 is 20.3 Å². The molecule has 0 saturated carbocycles. The number of hydrogen-bond donors (Lipinski definition) is 3. The quantitative estimate of drug-likeness (QED) is 0.680. The number of carboxylic acid groups (broad SMARTS) is 1. The molecule has 148 valence electrons. The molecule has 3 N–H and O–H groups in total. The minimum atomic E-state index is -1.44. The molecule has 2 aromatic rings. The van der Waals surface area contributed by atoms with Crippen LogP contribution in [0.4, 0.5) is 4.79 Å². The minimum Gasteiger partial charge on any atom is -0.479 e. The van der Waals surface area contributed by atoms with Crippen molar-refractivity contribution in [3.63, 3.8) is 0 Å². The largest absolute Gasteiger partial charge is 0.479 e. The lowest BCUT2D eigenvalue weighted by Gasteiger charge is -2.26. The fraction of sp³-hybridized carbons (Fsp3) is 0.364. The highest BCUT2D eigenvalue weighted by atomic mass is 16.5. The number of benzene rings is 2. The molecule has 2 aromatic carbocycles. The Kier molecular flexibility index (Phi) is 5.70. The predicted molar refractivity (Wildman–Crippen MR) is 105 cm³/mol. The molecule has 1 unspecified atom stereocenters. The average Bonchev–Trinajstić information content (AvgIpc) is 2.98. The van der Waals surface area contributed by atoms with E-state index in [4.69, 9.17) is 9.84 Å². The number of aliphatic hydroxyl groups is 1. The number of carboxylic acids is 1. The molecular weight excluding hydrogens is 358 g/mol. The van der Waals surface area contributed by atoms with E-state index < -0.39 is 23.7 Å². The molecule has 6 nitrogen and oxygen atoms in total. The zero-order chi connectivity index (χ0) is 20.3. The summed E-state index contributed by atoms with van der Waals surface area (Å²) >= 11 is 0. The molecule has 0 saturated heterocycles. The van der Waals surface area contributed by atoms with Crippen LogP contribution >= 0.6 is 0 Å². The first-order valence-corrected chi connectivity index (χ1v) is 9.32. The summed E-state index contributed by atoms with van der Waals surface area (Å²) in [5.41, 5.74) is 3.91. The minimum absolute atomic E-state index is 0.0184. The first kappa shape index (κ1) is 19.9. The van der Waals surface area contributed by atoms with Gasteiger partial charge in [0.2, 0.25) is 0 Å². The summed E-state index contributed by atoms with van der Waals surface area (Å²) in [5.74, 6) is -1.29. The second kappa shape index (κ2) is 8.02. The molecule has 0 bridgehead atoms. The monoisotopic (exact) mass is 383 g/mol. The van der Waals surface area contributed by atoms with Crippen molar-refractivity contribution in [1.29, 1.82) is 0 Å². The molecule has 0 radical (unpaired) electrons. The van der Waals surface area contributed by atoms with Gasteiger partial charge in [-0.2, -0.15) is 0 Å². The van der Waals surface area contributed by atoms with Crippen LogP contribution in [0.5, 0.6) is 0 Å². The van der Waals surface area contributed by atoms with E-state index in [1.165, 1.54) is 0 Å². The van der Waals surface area contributed by atoms with Crippen LogP contribution in [0.15, 0.2) is 48.5 Å². The third-order valence-corrected chi connectivity index (χ3v) is 5.11. The molecule has 1 amide bonds. The van der Waals surface area contributed by atoms with Gasteiger partial charge in [-0.3, -0.25) is 0 Å². The molecular formula is C22H25NO5. The maximum absolute atomic E-state index is 12.3. The first-order chi connectivity index (χ1) is 13.3. The Morgan fingerprint density at radius 2 is 1.61 bits per heavy atom. The molecule has 1 aliphatic carbocycles. The van der Waals surface area contributed by atoms with Crippen molar-refractivity contribution >= 4 is 12.1 Å². The van der Waals surface area contributed by atoms with Gasteiger partial charge in [0.15, 0.2) is 6.10 Å². The van der Waals surface area contributed by atoms with Crippen LogP contribution in [0, 0.1) is 0 Å². The normalized spacial score (nSPS) is 14.1. The van der Waals surface area contributed by atoms with Crippen LogP contribution in [0.1, 0.15) is 43.7 Å². The first-order valence-electron chi connectivity index (χ1n) is 9.32. The van der Waals surface area contributed by atoms with E-state index in [1.807, 2.05) is 24.3 Å². The summed E-state index contributed by atoms with van der Waals surface area (Å²) in [6.45, 7) is 3.75. The van der Waals surface area contributed by atoms with Crippen LogP contribution in [0.2, 0.25) is 0 Å². The number of alkyl carbamates (subject to hydrolysis) is 1. The Morgan fingerprint density at radius 1 is 1.07 bits per heavy atom. The van der Waals surface area contributed by atoms with E-state index in [0.29, 0.717) is 6.42 Å². The number of ether oxygens (including phenoxy) is 1. The lowest BCUT2D eigenvalue weighted by molar-refractivity contribution is -0.147. The van der Waals surface area contributed by atoms with E-state index in [9.17, 15) is 14.7 Å². The lowest BCUT2D eigenvalue weighted by Crippen LogP contribution is -2.44. The number of aliphatic hydroxyl groups excluding tert-OH is 1. The van der Waals surface area contributed by atoms with E-state index in [-0.39, 0.29) is 18.9 Å². The number of carbonyl (C=O) groups is 2. The SMILES string of the molecule is CC(C)(CCC(O)C(=O)O)NC(=O)OCC1c2ccccc2-c2ccccc21. The summed E-state index contributed by atoms with van der Waals surface area (Å²) in [4.78, 5) is 23.0. The molecule has 0 heterocycles. The van der Waals surface area contributed by atoms with Crippen LogP contribution in [-0.2, 0) is 9.53 Å². The highest BCUT2D eigenvalue weighted by molar-refractivity contribution is 5.79. The molecule has 1 aliphatic rings. The highest BCUT2D eigenvalue weighted by Crippen LogP contribution is 2.44. The van der Waals surface area contributed by atoms with Crippen molar-refractivity contribution in [2.24, 2.45) is 0 Å². The summed E-state index contributed by atoms with van der Waals surface area (Å²) < 4.78 is 5.50. The van der Waals surface area contributed by atoms with Gasteiger partial charge in [-0.05, 0) is 48.9 Å². The van der Waals surface area contributed by atoms with Gasteiger partial charge in [-0.1, -0.05) is 48.5 Å². The standard InChI is InChI=1S/C22H25NO5/c1-22(2,12-11-19(24)20(25)26)23-21(27)28-13-18-16-9-5-3-7-14(16)15-8-4-6-10-17(15)18/h3-10,18-19,24H,11-13H2,1-2H3,(H,23,27)(H,25,26). The molecule has 1 atom stereocenters. The zero-order valence-electron chi connectivity index (χ0n) is 16.0. The Labute approximate surface area is 164 Å². The molecule has 0 aromatic heterocycles. The van der Waals surface area contributed by atoms with Gasteiger partial charge in [0, 0.05) is 11.5 Å². The number of fused-ring (bicyclic) bond motifs is 3. The van der Waals surface area contributed by atoms with Crippen LogP contribution < -0.4 is 5.32 Å². The molecule has 3 rings (SSSR count). The third-order valence-electron chi connectivity index (χ3n) is 5.11. The van der Waals surface area contributed by atoms with Gasteiger partial charge >= 0.3 is 12.1 Å². The highest BCUT2D eigenvalue weighted by Gasteiger charge is 2.30. The number of carbonyl (C=O) groups excluding carboxylic acids is 1. The van der Waals surface area contributed by atoms with E-state index in [2.05, 4.69) is 29.6 Å². The molecule has 0 spiro atoms. The fourth-order valence-corrected chi connectivity index (χ4v) is 3.59. The third kappa shape index (κ3) is 4.34. The fourth-order valence-electron chi connectivity index (χ4n) is 3.59. The van der Waals surface area contributed by atoms with Gasteiger partial charge in [0.25, 0.3) is 0 Å². The Morgan fingerprint density at radius 3 is 2.14 bits per heavy atom. The second-order valence-corrected chi connectivity index (χ2v) is 7.73. The van der Waals surface area contributed by atoms with Gasteiger partial charge in [0.1, 0.15) is 6.61 Å². The number of aliphatic carboxylic acids is 1. The van der Waals surface area contributed by atoms with E-state index in [0.717, 1.165) is 22.3 Å². The summed E-state index contributed by atoms with van der Waals surface area (Å²) in [6.07, 6.45) is -1.64. The topological polar surface area (TPSA) is 95.9 Å². The Hall–Kier alpha value is -2.86. The van der Waals surface area contributed by atoms with Gasteiger partial charge in [0.05, 0.1) is 0 Å². The van der Waals surface area contributed by atoms with Crippen molar-refractivity contribution in [2.45, 2.75) is 44.2 Å². The smallest absolute Gasteiger partial charge is 0.407 e. The molecule has 0 fully saturated rings. The lowest BCUT2D eigenvalue weighted by atomic mass is 9.96. The molecule has 6 heteroatoms. The Bertz CT molecular complexity index is 831. The van der Waals surface area contributed by atoms with Crippen LogP contribution in [-0.4, -0.2) is 40.5 Å². The second-order valence-electron chi connectivity index (χ2n) is 7.73. The number of amides is 1. The predicted octanol–water partition coefficient (Wildman–Crippen LogP) is 3.53. The number of nitrogens with one attached hydrogen (secondary N) is 1. The van der Waals surface area contributed by atoms with Gasteiger partial charge in [-0.15, -0.1) is 0 Å².